The quantitative estimate of drug-likeness (QED) is 0.170. The third-order valence-electron chi connectivity index (χ3n) is 1.39. The summed E-state index contributed by atoms with van der Waals surface area (Å²) < 4.78 is 2.35. The Bertz CT molecular complexity index is 197. The molecule has 0 bridgehead atoms. The van der Waals surface area contributed by atoms with Gasteiger partial charge in [-0.15, -0.1) is 0 Å². The first-order valence-corrected chi connectivity index (χ1v) is 4.21. The van der Waals surface area contributed by atoms with Gasteiger partial charge in [-0.05, 0) is 12.8 Å². The fourth-order valence-electron chi connectivity index (χ4n) is 0.670. The van der Waals surface area contributed by atoms with Crippen LogP contribution in [0.15, 0.2) is 4.99 Å². The molecule has 0 aliphatic rings. The first-order chi connectivity index (χ1) is 6.07. The van der Waals surface area contributed by atoms with E-state index in [0.717, 1.165) is 0 Å². The predicted octanol–water partition coefficient (Wildman–Crippen LogP) is -1.07. The first-order valence-electron chi connectivity index (χ1n) is 3.76. The van der Waals surface area contributed by atoms with Gasteiger partial charge in [0.1, 0.15) is 6.04 Å². The number of aliphatic imine (C=N–C) groups is 1. The Labute approximate surface area is 81.9 Å². The van der Waals surface area contributed by atoms with Gasteiger partial charge in [-0.3, -0.25) is 9.79 Å². The minimum absolute atomic E-state index is 0.215. The molecule has 0 spiro atoms. The van der Waals surface area contributed by atoms with Crippen molar-refractivity contribution >= 4 is 24.7 Å². The number of hydrogen-bond acceptors (Lipinski definition) is 4. The van der Waals surface area contributed by atoms with Crippen LogP contribution in [0.1, 0.15) is 12.8 Å². The van der Waals surface area contributed by atoms with Gasteiger partial charge in [-0.25, -0.2) is 0 Å². The molecular formula is C6H14N4O2S. The Hall–Kier alpha value is -0.950. The van der Waals surface area contributed by atoms with E-state index in [1.165, 1.54) is 0 Å². The van der Waals surface area contributed by atoms with Crippen LogP contribution in [0.2, 0.25) is 0 Å². The lowest BCUT2D eigenvalue weighted by Gasteiger charge is -2.03. The third-order valence-corrected chi connectivity index (χ3v) is 1.62. The summed E-state index contributed by atoms with van der Waals surface area (Å²) in [5.74, 6) is -0.781. The van der Waals surface area contributed by atoms with Crippen molar-refractivity contribution in [3.8, 4) is 0 Å². The molecule has 0 amide bonds. The maximum atomic E-state index is 10.3. The number of guanidine groups is 1. The standard InChI is InChI=1S/C6H14N4O2S/c7-4(5(11)12)2-1-3-9-6(8)10-13/h4,13H,1-3,7H2,(H,11,12)(H3,8,9,10)/t4-/m0/s1. The molecule has 7 heteroatoms. The molecule has 0 aromatic rings. The predicted molar refractivity (Wildman–Crippen MR) is 53.5 cm³/mol. The molecule has 0 fully saturated rings. The third kappa shape index (κ3) is 6.23. The van der Waals surface area contributed by atoms with Crippen molar-refractivity contribution in [3.63, 3.8) is 0 Å². The monoisotopic (exact) mass is 206 g/mol. The molecule has 0 heterocycles. The van der Waals surface area contributed by atoms with E-state index in [9.17, 15) is 4.79 Å². The van der Waals surface area contributed by atoms with Crippen molar-refractivity contribution in [2.45, 2.75) is 18.9 Å². The number of thiol groups is 1. The zero-order valence-electron chi connectivity index (χ0n) is 7.10. The number of nitrogens with two attached hydrogens (primary N) is 2. The molecule has 6 N–H and O–H groups in total. The highest BCUT2D eigenvalue weighted by molar-refractivity contribution is 7.78. The van der Waals surface area contributed by atoms with Crippen LogP contribution >= 0.6 is 12.8 Å². The van der Waals surface area contributed by atoms with Crippen molar-refractivity contribution < 1.29 is 9.90 Å². The molecule has 0 aromatic heterocycles. The average molecular weight is 206 g/mol. The molecular weight excluding hydrogens is 192 g/mol. The highest BCUT2D eigenvalue weighted by atomic mass is 32.1. The summed E-state index contributed by atoms with van der Waals surface area (Å²) in [6, 6.07) is -0.819. The van der Waals surface area contributed by atoms with Crippen LogP contribution in [0.3, 0.4) is 0 Å². The Morgan fingerprint density at radius 1 is 1.69 bits per heavy atom. The van der Waals surface area contributed by atoms with E-state index in [1.54, 1.807) is 0 Å². The van der Waals surface area contributed by atoms with Crippen LogP contribution in [0.5, 0.6) is 0 Å². The van der Waals surface area contributed by atoms with Gasteiger partial charge in [0.25, 0.3) is 0 Å². The Kier molecular flexibility index (Phi) is 6.07. The smallest absolute Gasteiger partial charge is 0.320 e. The van der Waals surface area contributed by atoms with E-state index in [0.29, 0.717) is 19.4 Å². The summed E-state index contributed by atoms with van der Waals surface area (Å²) in [5.41, 5.74) is 10.5. The van der Waals surface area contributed by atoms with Crippen molar-refractivity contribution in [1.29, 1.82) is 0 Å². The van der Waals surface area contributed by atoms with Crippen LogP contribution < -0.4 is 16.2 Å². The number of carboxylic acid groups (broad SMARTS) is 1. The molecule has 13 heavy (non-hydrogen) atoms. The molecule has 0 unspecified atom stereocenters. The van der Waals surface area contributed by atoms with E-state index < -0.39 is 12.0 Å². The number of carbonyl (C=O) groups is 1. The second-order valence-electron chi connectivity index (χ2n) is 2.47. The largest absolute Gasteiger partial charge is 0.480 e. The van der Waals surface area contributed by atoms with E-state index in [4.69, 9.17) is 16.6 Å². The Morgan fingerprint density at radius 2 is 2.31 bits per heavy atom. The van der Waals surface area contributed by atoms with E-state index in [2.05, 4.69) is 22.5 Å². The van der Waals surface area contributed by atoms with Gasteiger partial charge in [0.15, 0.2) is 5.96 Å². The van der Waals surface area contributed by atoms with Crippen LogP contribution in [-0.2, 0) is 4.79 Å². The summed E-state index contributed by atoms with van der Waals surface area (Å²) >= 11 is 3.67. The molecule has 0 aromatic carbocycles. The molecule has 0 rings (SSSR count). The van der Waals surface area contributed by atoms with Gasteiger partial charge < -0.3 is 21.3 Å². The topological polar surface area (TPSA) is 114 Å². The summed E-state index contributed by atoms with van der Waals surface area (Å²) in [5, 5.41) is 8.43. The molecule has 76 valence electrons. The number of hydrogen-bond donors (Lipinski definition) is 5. The normalized spacial score (nSPS) is 13.8. The molecule has 6 nitrogen and oxygen atoms in total. The molecule has 0 saturated heterocycles. The first kappa shape index (κ1) is 12.0. The summed E-state index contributed by atoms with van der Waals surface area (Å²) in [4.78, 5) is 14.1. The second-order valence-corrected chi connectivity index (χ2v) is 2.69. The van der Waals surface area contributed by atoms with Crippen LogP contribution in [0, 0.1) is 0 Å². The maximum absolute atomic E-state index is 10.3. The van der Waals surface area contributed by atoms with Gasteiger partial charge in [0.2, 0.25) is 0 Å². The number of nitrogens with zero attached hydrogens (tertiary/aromatic N) is 1. The van der Waals surface area contributed by atoms with E-state index in [-0.39, 0.29) is 5.96 Å². The van der Waals surface area contributed by atoms with E-state index in [1.807, 2.05) is 0 Å². The molecule has 0 aliphatic carbocycles. The van der Waals surface area contributed by atoms with Gasteiger partial charge in [-0.1, -0.05) is 12.8 Å². The summed E-state index contributed by atoms with van der Waals surface area (Å²) in [7, 11) is 0. The fourth-order valence-corrected chi connectivity index (χ4v) is 0.740. The molecule has 0 radical (unpaired) electrons. The lowest BCUT2D eigenvalue weighted by Crippen LogP contribution is -2.30. The molecule has 1 atom stereocenters. The van der Waals surface area contributed by atoms with Crippen LogP contribution in [-0.4, -0.2) is 29.6 Å². The zero-order valence-corrected chi connectivity index (χ0v) is 8.00. The molecule has 0 saturated carbocycles. The Morgan fingerprint density at radius 3 is 2.77 bits per heavy atom. The van der Waals surface area contributed by atoms with Crippen LogP contribution in [0.25, 0.3) is 0 Å². The second kappa shape index (κ2) is 6.55. The lowest BCUT2D eigenvalue weighted by atomic mass is 10.2. The minimum atomic E-state index is -0.996. The SMILES string of the molecule is NC(=NCCC[C@H](N)C(=O)O)NS. The van der Waals surface area contributed by atoms with Gasteiger partial charge >= 0.3 is 5.97 Å². The maximum Gasteiger partial charge on any atom is 0.320 e. The highest BCUT2D eigenvalue weighted by Crippen LogP contribution is 1.94. The number of carboxylic acids is 1. The van der Waals surface area contributed by atoms with Gasteiger partial charge in [-0.2, -0.15) is 0 Å². The van der Waals surface area contributed by atoms with Crippen LogP contribution in [0.4, 0.5) is 0 Å². The average Bonchev–Trinajstić information content (AvgIpc) is 2.11. The Balaban J connectivity index is 3.51. The molecule has 0 aliphatic heterocycles. The zero-order chi connectivity index (χ0) is 10.3. The van der Waals surface area contributed by atoms with Crippen molar-refractivity contribution in [2.24, 2.45) is 16.5 Å². The number of nitrogens with one attached hydrogen (secondary N) is 1. The fraction of sp³-hybridized carbons (Fsp3) is 0.667. The van der Waals surface area contributed by atoms with E-state index >= 15 is 0 Å². The number of aliphatic carboxylic acids is 1. The van der Waals surface area contributed by atoms with Crippen molar-refractivity contribution in [1.82, 2.24) is 4.72 Å². The van der Waals surface area contributed by atoms with Gasteiger partial charge in [0, 0.05) is 6.54 Å². The number of rotatable bonds is 5. The summed E-state index contributed by atoms with van der Waals surface area (Å²) in [6.45, 7) is 0.445. The lowest BCUT2D eigenvalue weighted by molar-refractivity contribution is -0.138. The van der Waals surface area contributed by atoms with Crippen molar-refractivity contribution in [3.05, 3.63) is 0 Å². The van der Waals surface area contributed by atoms with Crippen molar-refractivity contribution in [2.75, 3.05) is 6.54 Å². The highest BCUT2D eigenvalue weighted by Gasteiger charge is 2.09. The van der Waals surface area contributed by atoms with Gasteiger partial charge in [0.05, 0.1) is 0 Å². The minimum Gasteiger partial charge on any atom is -0.480 e. The summed E-state index contributed by atoms with van der Waals surface area (Å²) in [6.07, 6.45) is 0.975.